The molecule has 0 unspecified atom stereocenters. The minimum absolute atomic E-state index is 0.599. The van der Waals surface area contributed by atoms with Crippen LogP contribution >= 0.6 is 0 Å². The first-order valence-corrected chi connectivity index (χ1v) is 4.35. The molecule has 1 heteroatoms. The van der Waals surface area contributed by atoms with E-state index in [0.717, 1.165) is 13.1 Å². The van der Waals surface area contributed by atoms with Gasteiger partial charge in [-0.25, -0.2) is 0 Å². The van der Waals surface area contributed by atoms with Gasteiger partial charge in [0.25, 0.3) is 0 Å². The second kappa shape index (κ2) is 6.71. The largest absolute Gasteiger partial charge is 0.370 e. The van der Waals surface area contributed by atoms with Crippen LogP contribution in [0, 0.1) is 5.92 Å². The molecule has 0 saturated carbocycles. The van der Waals surface area contributed by atoms with Crippen LogP contribution in [-0.2, 0) is 0 Å². The highest BCUT2D eigenvalue weighted by atomic mass is 15.1. The zero-order chi connectivity index (χ0) is 9.40. The van der Waals surface area contributed by atoms with E-state index in [2.05, 4.69) is 44.2 Å². The Morgan fingerprint density at radius 3 is 2.00 bits per heavy atom. The predicted octanol–water partition coefficient (Wildman–Crippen LogP) is 2.83. The summed E-state index contributed by atoms with van der Waals surface area (Å²) in [6.45, 7) is 13.5. The lowest BCUT2D eigenvalue weighted by molar-refractivity contribution is 0.458. The van der Waals surface area contributed by atoms with Gasteiger partial charge in [-0.2, -0.15) is 0 Å². The van der Waals surface area contributed by atoms with Crippen molar-refractivity contribution in [2.24, 2.45) is 5.92 Å². The Balaban J connectivity index is 3.92. The highest BCUT2D eigenvalue weighted by Gasteiger charge is 1.92. The van der Waals surface area contributed by atoms with Gasteiger partial charge in [0.15, 0.2) is 0 Å². The molecular weight excluding hydrogens is 146 g/mol. The third kappa shape index (κ3) is 5.78. The van der Waals surface area contributed by atoms with Crippen LogP contribution in [0.2, 0.25) is 0 Å². The van der Waals surface area contributed by atoms with Crippen molar-refractivity contribution in [1.29, 1.82) is 0 Å². The fourth-order valence-corrected chi connectivity index (χ4v) is 0.822. The zero-order valence-electron chi connectivity index (χ0n) is 8.16. The summed E-state index contributed by atoms with van der Waals surface area (Å²) in [5.41, 5.74) is 0. The highest BCUT2D eigenvalue weighted by Crippen LogP contribution is 1.97. The first kappa shape index (κ1) is 11.0. The third-order valence-electron chi connectivity index (χ3n) is 1.41. The Bertz CT molecular complexity index is 146. The number of hydrogen-bond acceptors (Lipinski definition) is 1. The maximum absolute atomic E-state index is 3.70. The summed E-state index contributed by atoms with van der Waals surface area (Å²) in [6.07, 6.45) is 8.07. The van der Waals surface area contributed by atoms with Crippen molar-refractivity contribution in [3.05, 3.63) is 37.6 Å². The normalized spacial score (nSPS) is 10.6. The molecule has 0 aliphatic rings. The van der Waals surface area contributed by atoms with Gasteiger partial charge in [0.05, 0.1) is 0 Å². The molecule has 0 heterocycles. The molecule has 0 radical (unpaired) electrons. The first-order chi connectivity index (χ1) is 5.70. The van der Waals surface area contributed by atoms with Gasteiger partial charge in [-0.15, -0.1) is 13.2 Å². The molecule has 0 atom stereocenters. The van der Waals surface area contributed by atoms with Crippen molar-refractivity contribution in [2.45, 2.75) is 13.8 Å². The first-order valence-electron chi connectivity index (χ1n) is 4.35. The molecule has 0 spiro atoms. The molecule has 0 aromatic heterocycles. The summed E-state index contributed by atoms with van der Waals surface area (Å²) >= 11 is 0. The summed E-state index contributed by atoms with van der Waals surface area (Å²) in [5.74, 6) is 0.599. The molecule has 0 aromatic carbocycles. The van der Waals surface area contributed by atoms with Gasteiger partial charge >= 0.3 is 0 Å². The minimum atomic E-state index is 0.599. The SMILES string of the molecule is C=CCN(C=CC(C)C)CC=C. The van der Waals surface area contributed by atoms with Crippen LogP contribution in [0.4, 0.5) is 0 Å². The van der Waals surface area contributed by atoms with E-state index in [0.29, 0.717) is 5.92 Å². The predicted molar refractivity (Wildman–Crippen MR) is 55.9 cm³/mol. The van der Waals surface area contributed by atoms with Gasteiger partial charge in [0, 0.05) is 13.1 Å². The van der Waals surface area contributed by atoms with E-state index in [4.69, 9.17) is 0 Å². The number of nitrogens with zero attached hydrogens (tertiary/aromatic N) is 1. The Labute approximate surface area is 76.1 Å². The van der Waals surface area contributed by atoms with E-state index in [1.165, 1.54) is 0 Å². The molecule has 0 fully saturated rings. The molecule has 0 N–H and O–H groups in total. The lowest BCUT2D eigenvalue weighted by atomic mass is 10.2. The molecule has 68 valence electrons. The van der Waals surface area contributed by atoms with Gasteiger partial charge in [-0.3, -0.25) is 0 Å². The van der Waals surface area contributed by atoms with Crippen molar-refractivity contribution in [3.63, 3.8) is 0 Å². The van der Waals surface area contributed by atoms with Crippen LogP contribution in [-0.4, -0.2) is 18.0 Å². The number of hydrogen-bond donors (Lipinski definition) is 0. The Kier molecular flexibility index (Phi) is 6.16. The summed E-state index contributed by atoms with van der Waals surface area (Å²) in [5, 5.41) is 0. The maximum atomic E-state index is 3.70. The third-order valence-corrected chi connectivity index (χ3v) is 1.41. The molecule has 0 saturated heterocycles. The van der Waals surface area contributed by atoms with Crippen molar-refractivity contribution >= 4 is 0 Å². The molecule has 0 amide bonds. The standard InChI is InChI=1S/C11H19N/c1-5-8-12(9-6-2)10-7-11(3)4/h5-7,10-11H,1-2,8-9H2,3-4H3. The van der Waals surface area contributed by atoms with E-state index in [1.807, 2.05) is 12.2 Å². The summed E-state index contributed by atoms with van der Waals surface area (Å²) in [4.78, 5) is 2.17. The Morgan fingerprint density at radius 2 is 1.67 bits per heavy atom. The quantitative estimate of drug-likeness (QED) is 0.547. The topological polar surface area (TPSA) is 3.24 Å². The van der Waals surface area contributed by atoms with Crippen LogP contribution in [0.15, 0.2) is 37.6 Å². The lowest BCUT2D eigenvalue weighted by Crippen LogP contribution is -2.16. The monoisotopic (exact) mass is 165 g/mol. The van der Waals surface area contributed by atoms with Crippen LogP contribution < -0.4 is 0 Å². The molecule has 0 bridgehead atoms. The smallest absolute Gasteiger partial charge is 0.0354 e. The van der Waals surface area contributed by atoms with Gasteiger partial charge < -0.3 is 4.90 Å². The van der Waals surface area contributed by atoms with Crippen LogP contribution in [0.25, 0.3) is 0 Å². The van der Waals surface area contributed by atoms with E-state index < -0.39 is 0 Å². The molecule has 12 heavy (non-hydrogen) atoms. The van der Waals surface area contributed by atoms with Gasteiger partial charge in [-0.1, -0.05) is 32.1 Å². The Hall–Kier alpha value is -0.980. The lowest BCUT2D eigenvalue weighted by Gasteiger charge is -2.15. The zero-order valence-corrected chi connectivity index (χ0v) is 8.16. The van der Waals surface area contributed by atoms with E-state index >= 15 is 0 Å². The van der Waals surface area contributed by atoms with Crippen LogP contribution in [0.3, 0.4) is 0 Å². The van der Waals surface area contributed by atoms with Gasteiger partial charge in [0.2, 0.25) is 0 Å². The molecular formula is C11H19N. The highest BCUT2D eigenvalue weighted by molar-refractivity contribution is 4.91. The van der Waals surface area contributed by atoms with Gasteiger partial charge in [0.1, 0.15) is 0 Å². The average Bonchev–Trinajstić information content (AvgIpc) is 2.01. The summed E-state index contributed by atoms with van der Waals surface area (Å²) in [6, 6.07) is 0. The van der Waals surface area contributed by atoms with Crippen LogP contribution in [0.5, 0.6) is 0 Å². The second-order valence-electron chi connectivity index (χ2n) is 3.12. The van der Waals surface area contributed by atoms with Crippen molar-refractivity contribution < 1.29 is 0 Å². The second-order valence-corrected chi connectivity index (χ2v) is 3.12. The van der Waals surface area contributed by atoms with E-state index in [9.17, 15) is 0 Å². The molecule has 0 aliphatic carbocycles. The van der Waals surface area contributed by atoms with Crippen molar-refractivity contribution in [3.8, 4) is 0 Å². The molecule has 0 rings (SSSR count). The fourth-order valence-electron chi connectivity index (χ4n) is 0.822. The van der Waals surface area contributed by atoms with E-state index in [1.54, 1.807) is 0 Å². The summed E-state index contributed by atoms with van der Waals surface area (Å²) in [7, 11) is 0. The molecule has 0 aliphatic heterocycles. The van der Waals surface area contributed by atoms with Gasteiger partial charge in [-0.05, 0) is 12.1 Å². The molecule has 0 aromatic rings. The Morgan fingerprint density at radius 1 is 1.17 bits per heavy atom. The summed E-state index contributed by atoms with van der Waals surface area (Å²) < 4.78 is 0. The number of allylic oxidation sites excluding steroid dienone is 1. The molecule has 1 nitrogen and oxygen atoms in total. The van der Waals surface area contributed by atoms with Crippen LogP contribution in [0.1, 0.15) is 13.8 Å². The minimum Gasteiger partial charge on any atom is -0.370 e. The maximum Gasteiger partial charge on any atom is 0.0354 e. The van der Waals surface area contributed by atoms with Crippen molar-refractivity contribution in [2.75, 3.05) is 13.1 Å². The van der Waals surface area contributed by atoms with Crippen molar-refractivity contribution in [1.82, 2.24) is 4.90 Å². The van der Waals surface area contributed by atoms with E-state index in [-0.39, 0.29) is 0 Å². The average molecular weight is 165 g/mol. The number of rotatable bonds is 6. The fraction of sp³-hybridized carbons (Fsp3) is 0.455.